The Balaban J connectivity index is 2.13. The monoisotopic (exact) mass is 326 g/mol. The molecule has 0 spiro atoms. The van der Waals surface area contributed by atoms with Gasteiger partial charge in [0.15, 0.2) is 11.9 Å². The third-order valence-corrected chi connectivity index (χ3v) is 3.78. The number of hydrogen-bond acceptors (Lipinski definition) is 5. The van der Waals surface area contributed by atoms with Crippen LogP contribution in [0.3, 0.4) is 0 Å². The van der Waals surface area contributed by atoms with Crippen molar-refractivity contribution in [3.63, 3.8) is 0 Å². The molecule has 2 heterocycles. The molecular formula is C14H10F4N4O. The van der Waals surface area contributed by atoms with Gasteiger partial charge in [-0.25, -0.2) is 4.39 Å². The highest BCUT2D eigenvalue weighted by Gasteiger charge is 2.55. The van der Waals surface area contributed by atoms with Crippen molar-refractivity contribution < 1.29 is 22.3 Å². The number of nitriles is 1. The fraction of sp³-hybridized carbons (Fsp3) is 0.286. The lowest BCUT2D eigenvalue weighted by Crippen LogP contribution is -2.45. The summed E-state index contributed by atoms with van der Waals surface area (Å²) in [7, 11) is 0. The highest BCUT2D eigenvalue weighted by atomic mass is 19.4. The van der Waals surface area contributed by atoms with Crippen LogP contribution in [0.2, 0.25) is 0 Å². The van der Waals surface area contributed by atoms with Crippen LogP contribution in [0.4, 0.5) is 17.6 Å². The van der Waals surface area contributed by atoms with Gasteiger partial charge in [0.1, 0.15) is 11.9 Å². The number of nitrogens with one attached hydrogen (secondary N) is 1. The van der Waals surface area contributed by atoms with E-state index >= 15 is 0 Å². The second-order valence-electron chi connectivity index (χ2n) is 5.11. The molecule has 3 rings (SSSR count). The van der Waals surface area contributed by atoms with Crippen molar-refractivity contribution in [3.8, 4) is 6.07 Å². The van der Waals surface area contributed by atoms with Crippen molar-refractivity contribution in [2.45, 2.75) is 18.3 Å². The number of hydrazone groups is 1. The SMILES string of the molecule is N#CC1=C(N)O[C@@H]2NN=C(C(F)(F)F)[C@@H]2[C@H]1c1ccc(F)cc1. The van der Waals surface area contributed by atoms with Gasteiger partial charge in [0.2, 0.25) is 5.88 Å². The van der Waals surface area contributed by atoms with Gasteiger partial charge in [0.05, 0.1) is 11.5 Å². The third kappa shape index (κ3) is 2.46. The summed E-state index contributed by atoms with van der Waals surface area (Å²) in [6, 6.07) is 6.64. The number of fused-ring (bicyclic) bond motifs is 1. The first-order chi connectivity index (χ1) is 10.8. The van der Waals surface area contributed by atoms with Gasteiger partial charge in [0.25, 0.3) is 0 Å². The molecule has 0 aromatic heterocycles. The van der Waals surface area contributed by atoms with Gasteiger partial charge < -0.3 is 10.5 Å². The molecule has 0 saturated carbocycles. The van der Waals surface area contributed by atoms with E-state index < -0.39 is 35.8 Å². The van der Waals surface area contributed by atoms with Crippen molar-refractivity contribution in [2.75, 3.05) is 0 Å². The number of nitrogens with zero attached hydrogens (tertiary/aromatic N) is 2. The minimum atomic E-state index is -4.69. The first kappa shape index (κ1) is 15.1. The fourth-order valence-corrected chi connectivity index (χ4v) is 2.82. The highest BCUT2D eigenvalue weighted by Crippen LogP contribution is 2.44. The van der Waals surface area contributed by atoms with E-state index in [-0.39, 0.29) is 11.5 Å². The molecule has 0 saturated heterocycles. The van der Waals surface area contributed by atoms with Crippen LogP contribution in [0.15, 0.2) is 40.8 Å². The Kier molecular flexibility index (Phi) is 3.39. The maximum absolute atomic E-state index is 13.2. The van der Waals surface area contributed by atoms with Gasteiger partial charge in [-0.15, -0.1) is 0 Å². The van der Waals surface area contributed by atoms with Crippen molar-refractivity contribution in [3.05, 3.63) is 47.1 Å². The van der Waals surface area contributed by atoms with Crippen molar-refractivity contribution >= 4 is 5.71 Å². The molecule has 9 heteroatoms. The Morgan fingerprint density at radius 3 is 2.48 bits per heavy atom. The summed E-state index contributed by atoms with van der Waals surface area (Å²) in [5, 5.41) is 12.6. The standard InChI is InChI=1S/C14H10F4N4O/c15-7-3-1-6(2-4-7)9-8(5-19)12(20)23-13-10(9)11(21-22-13)14(16,17)18/h1-4,9-10,13,22H,20H2/t9-,10-,13-/m0/s1. The van der Waals surface area contributed by atoms with Crippen LogP contribution in [0.5, 0.6) is 0 Å². The topological polar surface area (TPSA) is 83.4 Å². The summed E-state index contributed by atoms with van der Waals surface area (Å²) in [5.41, 5.74) is 6.99. The minimum absolute atomic E-state index is 0.140. The molecule has 3 atom stereocenters. The fourth-order valence-electron chi connectivity index (χ4n) is 2.82. The predicted octanol–water partition coefficient (Wildman–Crippen LogP) is 2.10. The van der Waals surface area contributed by atoms with Crippen LogP contribution < -0.4 is 11.2 Å². The summed E-state index contributed by atoms with van der Waals surface area (Å²) >= 11 is 0. The number of allylic oxidation sites excluding steroid dienone is 1. The zero-order valence-electron chi connectivity index (χ0n) is 11.4. The quantitative estimate of drug-likeness (QED) is 0.774. The first-order valence-electron chi connectivity index (χ1n) is 6.55. The van der Waals surface area contributed by atoms with Crippen LogP contribution >= 0.6 is 0 Å². The smallest absolute Gasteiger partial charge is 0.431 e. The number of benzene rings is 1. The number of ether oxygens (including phenoxy) is 1. The van der Waals surface area contributed by atoms with E-state index in [1.165, 1.54) is 12.1 Å². The van der Waals surface area contributed by atoms with Crippen LogP contribution in [-0.2, 0) is 4.74 Å². The lowest BCUT2D eigenvalue weighted by atomic mass is 9.76. The lowest BCUT2D eigenvalue weighted by molar-refractivity contribution is -0.0661. The van der Waals surface area contributed by atoms with E-state index in [1.54, 1.807) is 6.07 Å². The van der Waals surface area contributed by atoms with E-state index in [0.717, 1.165) is 12.1 Å². The highest BCUT2D eigenvalue weighted by molar-refractivity contribution is 5.94. The molecule has 2 aliphatic heterocycles. The molecule has 1 aromatic rings. The van der Waals surface area contributed by atoms with Gasteiger partial charge in [-0.2, -0.15) is 23.5 Å². The van der Waals surface area contributed by atoms with E-state index in [2.05, 4.69) is 10.5 Å². The molecule has 0 aliphatic carbocycles. The van der Waals surface area contributed by atoms with E-state index in [1.807, 2.05) is 0 Å². The summed E-state index contributed by atoms with van der Waals surface area (Å²) in [5.74, 6) is -3.13. The van der Waals surface area contributed by atoms with Gasteiger partial charge in [-0.05, 0) is 17.7 Å². The van der Waals surface area contributed by atoms with E-state index in [9.17, 15) is 22.8 Å². The molecule has 23 heavy (non-hydrogen) atoms. The van der Waals surface area contributed by atoms with Crippen LogP contribution in [0, 0.1) is 23.1 Å². The largest absolute Gasteiger partial charge is 0.453 e. The molecule has 0 radical (unpaired) electrons. The minimum Gasteiger partial charge on any atom is -0.453 e. The van der Waals surface area contributed by atoms with Crippen LogP contribution in [0.1, 0.15) is 11.5 Å². The molecule has 5 nitrogen and oxygen atoms in total. The Bertz CT molecular complexity index is 733. The number of rotatable bonds is 1. The zero-order valence-corrected chi connectivity index (χ0v) is 11.4. The summed E-state index contributed by atoms with van der Waals surface area (Å²) in [6.45, 7) is 0. The van der Waals surface area contributed by atoms with Gasteiger partial charge in [-0.1, -0.05) is 12.1 Å². The molecular weight excluding hydrogens is 316 g/mol. The Morgan fingerprint density at radius 1 is 1.26 bits per heavy atom. The van der Waals surface area contributed by atoms with E-state index in [0.29, 0.717) is 5.56 Å². The zero-order chi connectivity index (χ0) is 16.8. The van der Waals surface area contributed by atoms with Crippen LogP contribution in [0.25, 0.3) is 0 Å². The molecule has 1 aromatic carbocycles. The van der Waals surface area contributed by atoms with Crippen molar-refractivity contribution in [1.29, 1.82) is 5.26 Å². The summed E-state index contributed by atoms with van der Waals surface area (Å²) in [4.78, 5) is 0. The Labute approximate surface area is 128 Å². The van der Waals surface area contributed by atoms with E-state index in [4.69, 9.17) is 10.5 Å². The van der Waals surface area contributed by atoms with Gasteiger partial charge >= 0.3 is 6.18 Å². The normalized spacial score (nSPS) is 26.7. The second-order valence-corrected chi connectivity index (χ2v) is 5.11. The van der Waals surface area contributed by atoms with Crippen molar-refractivity contribution in [2.24, 2.45) is 16.8 Å². The molecule has 0 fully saturated rings. The second kappa shape index (κ2) is 5.15. The predicted molar refractivity (Wildman–Crippen MR) is 71.0 cm³/mol. The average molecular weight is 326 g/mol. The maximum Gasteiger partial charge on any atom is 0.431 e. The molecule has 120 valence electrons. The Morgan fingerprint density at radius 2 is 1.91 bits per heavy atom. The number of nitrogens with two attached hydrogens (primary N) is 1. The van der Waals surface area contributed by atoms with Gasteiger partial charge in [0, 0.05) is 5.92 Å². The van der Waals surface area contributed by atoms with Crippen molar-refractivity contribution in [1.82, 2.24) is 5.43 Å². The maximum atomic E-state index is 13.2. The number of hydrogen-bond donors (Lipinski definition) is 2. The lowest BCUT2D eigenvalue weighted by Gasteiger charge is -2.34. The Hall–Kier alpha value is -2.76. The molecule has 0 unspecified atom stereocenters. The molecule has 0 bridgehead atoms. The molecule has 0 amide bonds. The summed E-state index contributed by atoms with van der Waals surface area (Å²) < 4.78 is 57.8. The van der Waals surface area contributed by atoms with Crippen LogP contribution in [-0.4, -0.2) is 18.1 Å². The number of alkyl halides is 3. The molecule has 2 aliphatic rings. The average Bonchev–Trinajstić information content (AvgIpc) is 2.90. The van der Waals surface area contributed by atoms with Gasteiger partial charge in [-0.3, -0.25) is 5.43 Å². The molecule has 3 N–H and O–H groups in total. The number of halogens is 4. The third-order valence-electron chi connectivity index (χ3n) is 3.78. The first-order valence-corrected chi connectivity index (χ1v) is 6.55. The summed E-state index contributed by atoms with van der Waals surface area (Å²) in [6.07, 6.45) is -5.83.